The van der Waals surface area contributed by atoms with Crippen LogP contribution >= 0.6 is 0 Å². The van der Waals surface area contributed by atoms with Gasteiger partial charge in [-0.15, -0.1) is 0 Å². The molecule has 0 radical (unpaired) electrons. The lowest BCUT2D eigenvalue weighted by molar-refractivity contribution is -0.422. The summed E-state index contributed by atoms with van der Waals surface area (Å²) in [5, 5.41) is 10.2. The van der Waals surface area contributed by atoms with Gasteiger partial charge in [-0.2, -0.15) is 0 Å². The third kappa shape index (κ3) is 2.55. The lowest BCUT2D eigenvalue weighted by Crippen LogP contribution is -1.97. The van der Waals surface area contributed by atoms with Crippen LogP contribution in [0.5, 0.6) is 0 Å². The minimum Gasteiger partial charge on any atom is -0.259 e. The van der Waals surface area contributed by atoms with Gasteiger partial charge in [0.15, 0.2) is 0 Å². The van der Waals surface area contributed by atoms with Gasteiger partial charge in [0.25, 0.3) is 0 Å². The Balaban J connectivity index is 3.27. The standard InChI is InChI=1S/C9H6F3NO2/c1-5(13(14)15)2-7-8(11)3-6(10)4-9(7)12/h2-4H,1H3/b5-2-. The van der Waals surface area contributed by atoms with Crippen LogP contribution in [0.25, 0.3) is 6.08 Å². The van der Waals surface area contributed by atoms with Crippen molar-refractivity contribution in [2.75, 3.05) is 0 Å². The van der Waals surface area contributed by atoms with Crippen LogP contribution in [0.3, 0.4) is 0 Å². The highest BCUT2D eigenvalue weighted by atomic mass is 19.1. The Labute approximate surface area is 83.0 Å². The maximum absolute atomic E-state index is 13.0. The molecule has 0 spiro atoms. The number of nitro groups is 1. The van der Waals surface area contributed by atoms with Gasteiger partial charge >= 0.3 is 0 Å². The van der Waals surface area contributed by atoms with Gasteiger partial charge in [-0.1, -0.05) is 0 Å². The monoisotopic (exact) mass is 217 g/mol. The third-order valence-electron chi connectivity index (χ3n) is 1.69. The second-order valence-corrected chi connectivity index (χ2v) is 2.83. The molecule has 0 saturated carbocycles. The van der Waals surface area contributed by atoms with Crippen LogP contribution in [-0.2, 0) is 0 Å². The van der Waals surface area contributed by atoms with E-state index < -0.39 is 33.6 Å². The molecule has 1 aromatic rings. The zero-order valence-electron chi connectivity index (χ0n) is 7.63. The molecule has 6 heteroatoms. The van der Waals surface area contributed by atoms with Crippen LogP contribution in [0, 0.1) is 27.6 Å². The third-order valence-corrected chi connectivity index (χ3v) is 1.69. The van der Waals surface area contributed by atoms with E-state index in [0.29, 0.717) is 18.2 Å². The van der Waals surface area contributed by atoms with Gasteiger partial charge in [-0.25, -0.2) is 13.2 Å². The number of benzene rings is 1. The van der Waals surface area contributed by atoms with Gasteiger partial charge < -0.3 is 0 Å². The molecule has 0 aromatic heterocycles. The predicted octanol–water partition coefficient (Wildman–Crippen LogP) is 2.74. The molecule has 0 atom stereocenters. The van der Waals surface area contributed by atoms with Crippen molar-refractivity contribution >= 4 is 6.08 Å². The molecular formula is C9H6F3NO2. The Kier molecular flexibility index (Phi) is 3.08. The van der Waals surface area contributed by atoms with Crippen LogP contribution in [0.1, 0.15) is 12.5 Å². The largest absolute Gasteiger partial charge is 0.259 e. The number of halogens is 3. The lowest BCUT2D eigenvalue weighted by atomic mass is 10.1. The molecule has 0 N–H and O–H groups in total. The molecule has 15 heavy (non-hydrogen) atoms. The second-order valence-electron chi connectivity index (χ2n) is 2.83. The minimum atomic E-state index is -1.17. The molecule has 1 aromatic carbocycles. The Morgan fingerprint density at radius 1 is 1.33 bits per heavy atom. The van der Waals surface area contributed by atoms with Crippen LogP contribution in [-0.4, -0.2) is 4.92 Å². The number of nitrogens with zero attached hydrogens (tertiary/aromatic N) is 1. The molecule has 80 valence electrons. The maximum atomic E-state index is 13.0. The van der Waals surface area contributed by atoms with E-state index in [1.807, 2.05) is 0 Å². The minimum absolute atomic E-state index is 0.431. The molecule has 3 nitrogen and oxygen atoms in total. The first-order valence-electron chi connectivity index (χ1n) is 3.89. The van der Waals surface area contributed by atoms with E-state index in [1.165, 1.54) is 0 Å². The van der Waals surface area contributed by atoms with Gasteiger partial charge in [0, 0.05) is 25.1 Å². The summed E-state index contributed by atoms with van der Waals surface area (Å²) < 4.78 is 38.4. The Morgan fingerprint density at radius 2 is 1.80 bits per heavy atom. The van der Waals surface area contributed by atoms with Crippen molar-refractivity contribution in [1.29, 1.82) is 0 Å². The Morgan fingerprint density at radius 3 is 2.20 bits per heavy atom. The summed E-state index contributed by atoms with van der Waals surface area (Å²) in [6.45, 7) is 1.09. The zero-order chi connectivity index (χ0) is 11.6. The van der Waals surface area contributed by atoms with E-state index in [1.54, 1.807) is 0 Å². The van der Waals surface area contributed by atoms with E-state index in [9.17, 15) is 23.3 Å². The fraction of sp³-hybridized carbons (Fsp3) is 0.111. The molecule has 0 aliphatic rings. The van der Waals surface area contributed by atoms with E-state index in [0.717, 1.165) is 6.92 Å². The predicted molar refractivity (Wildman–Crippen MR) is 47.0 cm³/mol. The van der Waals surface area contributed by atoms with Crippen molar-refractivity contribution in [3.63, 3.8) is 0 Å². The lowest BCUT2D eigenvalue weighted by Gasteiger charge is -1.99. The molecule has 1 rings (SSSR count). The fourth-order valence-corrected chi connectivity index (χ4v) is 0.953. The molecule has 0 fully saturated rings. The second kappa shape index (κ2) is 4.12. The maximum Gasteiger partial charge on any atom is 0.244 e. The van der Waals surface area contributed by atoms with Crippen LogP contribution in [0.2, 0.25) is 0 Å². The molecular weight excluding hydrogens is 211 g/mol. The van der Waals surface area contributed by atoms with E-state index in [4.69, 9.17) is 0 Å². The Bertz CT molecular complexity index is 420. The van der Waals surface area contributed by atoms with E-state index >= 15 is 0 Å². The molecule has 0 aliphatic carbocycles. The van der Waals surface area contributed by atoms with Crippen molar-refractivity contribution in [2.45, 2.75) is 6.92 Å². The first kappa shape index (κ1) is 11.2. The number of allylic oxidation sites excluding steroid dienone is 1. The van der Waals surface area contributed by atoms with Gasteiger partial charge in [-0.05, 0) is 0 Å². The molecule has 0 saturated heterocycles. The first-order valence-corrected chi connectivity index (χ1v) is 3.89. The zero-order valence-corrected chi connectivity index (χ0v) is 7.63. The number of rotatable bonds is 2. The molecule has 0 unspecified atom stereocenters. The van der Waals surface area contributed by atoms with Crippen LogP contribution in [0.15, 0.2) is 17.8 Å². The summed E-state index contributed by atoms with van der Waals surface area (Å²) >= 11 is 0. The molecule has 0 heterocycles. The molecule has 0 amide bonds. The van der Waals surface area contributed by atoms with Crippen molar-refractivity contribution in [1.82, 2.24) is 0 Å². The van der Waals surface area contributed by atoms with Gasteiger partial charge in [0.1, 0.15) is 17.5 Å². The average molecular weight is 217 g/mol. The smallest absolute Gasteiger partial charge is 0.244 e. The number of hydrogen-bond donors (Lipinski definition) is 0. The highest BCUT2D eigenvalue weighted by molar-refractivity contribution is 5.52. The average Bonchev–Trinajstić information content (AvgIpc) is 2.10. The highest BCUT2D eigenvalue weighted by Gasteiger charge is 2.12. The fourth-order valence-electron chi connectivity index (χ4n) is 0.953. The van der Waals surface area contributed by atoms with Crippen molar-refractivity contribution in [3.8, 4) is 0 Å². The first-order chi connectivity index (χ1) is 6.91. The highest BCUT2D eigenvalue weighted by Crippen LogP contribution is 2.17. The van der Waals surface area contributed by atoms with Crippen molar-refractivity contribution in [2.24, 2.45) is 0 Å². The van der Waals surface area contributed by atoms with Crippen LogP contribution in [0.4, 0.5) is 13.2 Å². The topological polar surface area (TPSA) is 43.1 Å². The summed E-state index contributed by atoms with van der Waals surface area (Å²) in [6.07, 6.45) is 0.712. The summed E-state index contributed by atoms with van der Waals surface area (Å²) in [5.74, 6) is -3.41. The molecule has 0 aliphatic heterocycles. The van der Waals surface area contributed by atoms with E-state index in [2.05, 4.69) is 0 Å². The SMILES string of the molecule is C/C(=C/c1c(F)cc(F)cc1F)[N+](=O)[O-]. The van der Waals surface area contributed by atoms with Crippen molar-refractivity contribution in [3.05, 3.63) is 51.0 Å². The Hall–Kier alpha value is -1.85. The summed E-state index contributed by atoms with van der Waals surface area (Å²) in [6, 6.07) is 0.921. The quantitative estimate of drug-likeness (QED) is 0.564. The van der Waals surface area contributed by atoms with Crippen LogP contribution < -0.4 is 0 Å². The van der Waals surface area contributed by atoms with Gasteiger partial charge in [-0.3, -0.25) is 10.1 Å². The van der Waals surface area contributed by atoms with E-state index in [-0.39, 0.29) is 0 Å². The van der Waals surface area contributed by atoms with Crippen molar-refractivity contribution < 1.29 is 18.1 Å². The van der Waals surface area contributed by atoms with Gasteiger partial charge in [0.2, 0.25) is 5.70 Å². The summed E-state index contributed by atoms with van der Waals surface area (Å²) in [7, 11) is 0. The normalized spacial score (nSPS) is 11.6. The van der Waals surface area contributed by atoms with Gasteiger partial charge in [0.05, 0.1) is 10.5 Å². The summed E-state index contributed by atoms with van der Waals surface area (Å²) in [5.41, 5.74) is -1.05. The molecule has 0 bridgehead atoms. The summed E-state index contributed by atoms with van der Waals surface area (Å²) in [4.78, 5) is 9.42. The number of hydrogen-bond acceptors (Lipinski definition) is 2.